The van der Waals surface area contributed by atoms with E-state index in [2.05, 4.69) is 10.9 Å². The van der Waals surface area contributed by atoms with E-state index >= 15 is 0 Å². The van der Waals surface area contributed by atoms with Gasteiger partial charge in [0.1, 0.15) is 5.82 Å². The molecule has 0 aromatic heterocycles. The first-order valence-electron chi connectivity index (χ1n) is 6.24. The molecule has 2 aromatic rings. The number of nitrogens with one attached hydrogen (secondary N) is 2. The summed E-state index contributed by atoms with van der Waals surface area (Å²) in [6.07, 6.45) is 1.85. The second-order valence-electron chi connectivity index (χ2n) is 4.16. The zero-order chi connectivity index (χ0) is 14.4. The minimum atomic E-state index is -0.438. The highest BCUT2D eigenvalue weighted by Crippen LogP contribution is 2.09. The van der Waals surface area contributed by atoms with Crippen molar-refractivity contribution in [2.24, 2.45) is 0 Å². The summed E-state index contributed by atoms with van der Waals surface area (Å²) in [5.74, 6) is -0.827. The fourth-order valence-electron chi connectivity index (χ4n) is 1.75. The van der Waals surface area contributed by atoms with E-state index in [0.29, 0.717) is 0 Å². The number of hydrogen-bond donors (Lipinski definition) is 2. The Bertz CT molecular complexity index is 623. The van der Waals surface area contributed by atoms with Crippen LogP contribution in [0, 0.1) is 5.82 Å². The molecule has 0 atom stereocenters. The molecule has 0 spiro atoms. The predicted octanol–water partition coefficient (Wildman–Crippen LogP) is 3.12. The van der Waals surface area contributed by atoms with Gasteiger partial charge in [-0.05, 0) is 30.7 Å². The summed E-state index contributed by atoms with van der Waals surface area (Å²) < 4.78 is 13.0. The Morgan fingerprint density at radius 1 is 1.00 bits per heavy atom. The molecule has 3 nitrogen and oxygen atoms in total. The molecule has 0 bridgehead atoms. The molecule has 4 heteroatoms. The van der Waals surface area contributed by atoms with Gasteiger partial charge >= 0.3 is 0 Å². The Morgan fingerprint density at radius 2 is 1.70 bits per heavy atom. The van der Waals surface area contributed by atoms with Gasteiger partial charge < -0.3 is 0 Å². The lowest BCUT2D eigenvalue weighted by Crippen LogP contribution is -2.36. The highest BCUT2D eigenvalue weighted by atomic mass is 19.1. The standard InChI is InChI=1S/C16H15FN2O/c1-2-15(12-7-4-3-5-8-12)18-19-16(20)13-9-6-10-14(17)11-13/h2-11,18H,1H3,(H,19,20)/b15-2-. The van der Waals surface area contributed by atoms with Gasteiger partial charge in [-0.2, -0.15) is 0 Å². The van der Waals surface area contributed by atoms with Gasteiger partial charge in [-0.15, -0.1) is 0 Å². The fraction of sp³-hybridized carbons (Fsp3) is 0.0625. The third-order valence-electron chi connectivity index (χ3n) is 2.77. The van der Waals surface area contributed by atoms with Crippen molar-refractivity contribution < 1.29 is 9.18 Å². The number of allylic oxidation sites excluding steroid dienone is 1. The van der Waals surface area contributed by atoms with Crippen LogP contribution in [0.3, 0.4) is 0 Å². The summed E-state index contributed by atoms with van der Waals surface area (Å²) in [7, 11) is 0. The van der Waals surface area contributed by atoms with Gasteiger partial charge in [0, 0.05) is 5.56 Å². The zero-order valence-electron chi connectivity index (χ0n) is 11.1. The van der Waals surface area contributed by atoms with E-state index in [1.807, 2.05) is 43.3 Å². The molecule has 0 heterocycles. The Balaban J connectivity index is 2.03. The van der Waals surface area contributed by atoms with Crippen LogP contribution in [0.5, 0.6) is 0 Å². The Morgan fingerprint density at radius 3 is 2.35 bits per heavy atom. The molecule has 2 aromatic carbocycles. The van der Waals surface area contributed by atoms with Crippen molar-refractivity contribution in [2.45, 2.75) is 6.92 Å². The van der Waals surface area contributed by atoms with Crippen LogP contribution in [0.25, 0.3) is 5.70 Å². The molecule has 2 rings (SSSR count). The molecule has 0 unspecified atom stereocenters. The lowest BCUT2D eigenvalue weighted by atomic mass is 10.1. The summed E-state index contributed by atoms with van der Waals surface area (Å²) >= 11 is 0. The third-order valence-corrected chi connectivity index (χ3v) is 2.77. The lowest BCUT2D eigenvalue weighted by Gasteiger charge is -2.12. The summed E-state index contributed by atoms with van der Waals surface area (Å²) in [4.78, 5) is 11.9. The maximum absolute atomic E-state index is 13.0. The molecule has 0 saturated carbocycles. The molecule has 20 heavy (non-hydrogen) atoms. The van der Waals surface area contributed by atoms with Crippen molar-refractivity contribution in [3.05, 3.63) is 77.6 Å². The first-order chi connectivity index (χ1) is 9.70. The van der Waals surface area contributed by atoms with Crippen molar-refractivity contribution in [1.82, 2.24) is 10.9 Å². The Kier molecular flexibility index (Phi) is 4.50. The zero-order valence-corrected chi connectivity index (χ0v) is 11.1. The minimum Gasteiger partial charge on any atom is -0.298 e. The molecule has 102 valence electrons. The summed E-state index contributed by atoms with van der Waals surface area (Å²) in [6, 6.07) is 15.1. The summed E-state index contributed by atoms with van der Waals surface area (Å²) in [5, 5.41) is 0. The van der Waals surface area contributed by atoms with Crippen molar-refractivity contribution in [1.29, 1.82) is 0 Å². The molecule has 0 saturated heterocycles. The molecule has 2 N–H and O–H groups in total. The van der Waals surface area contributed by atoms with E-state index in [1.54, 1.807) is 6.07 Å². The van der Waals surface area contributed by atoms with Crippen LogP contribution in [0.1, 0.15) is 22.8 Å². The van der Waals surface area contributed by atoms with Gasteiger partial charge in [0.2, 0.25) is 0 Å². The lowest BCUT2D eigenvalue weighted by molar-refractivity contribution is 0.0942. The quantitative estimate of drug-likeness (QED) is 0.838. The van der Waals surface area contributed by atoms with E-state index < -0.39 is 5.82 Å². The van der Waals surface area contributed by atoms with E-state index in [9.17, 15) is 9.18 Å². The van der Waals surface area contributed by atoms with Crippen molar-refractivity contribution in [3.63, 3.8) is 0 Å². The van der Waals surface area contributed by atoms with Crippen molar-refractivity contribution >= 4 is 11.6 Å². The highest BCUT2D eigenvalue weighted by Gasteiger charge is 2.07. The first kappa shape index (κ1) is 13.8. The second kappa shape index (κ2) is 6.52. The van der Waals surface area contributed by atoms with Crippen LogP contribution in [-0.2, 0) is 0 Å². The molecule has 1 amide bonds. The van der Waals surface area contributed by atoms with Crippen molar-refractivity contribution in [3.8, 4) is 0 Å². The smallest absolute Gasteiger partial charge is 0.269 e. The van der Waals surface area contributed by atoms with Gasteiger partial charge in [0.15, 0.2) is 0 Å². The van der Waals surface area contributed by atoms with Gasteiger partial charge in [0.05, 0.1) is 5.70 Å². The van der Waals surface area contributed by atoms with E-state index in [0.717, 1.165) is 11.3 Å². The Labute approximate surface area is 117 Å². The third kappa shape index (κ3) is 3.45. The maximum Gasteiger partial charge on any atom is 0.269 e. The van der Waals surface area contributed by atoms with E-state index in [4.69, 9.17) is 0 Å². The van der Waals surface area contributed by atoms with Gasteiger partial charge in [-0.3, -0.25) is 15.6 Å². The number of benzene rings is 2. The minimum absolute atomic E-state index is 0.265. The second-order valence-corrected chi connectivity index (χ2v) is 4.16. The van der Waals surface area contributed by atoms with E-state index in [1.165, 1.54) is 18.2 Å². The van der Waals surface area contributed by atoms with Crippen LogP contribution in [0.2, 0.25) is 0 Å². The summed E-state index contributed by atoms with van der Waals surface area (Å²) in [6.45, 7) is 1.86. The van der Waals surface area contributed by atoms with E-state index in [-0.39, 0.29) is 11.5 Å². The number of hydrazine groups is 1. The first-order valence-corrected chi connectivity index (χ1v) is 6.24. The van der Waals surface area contributed by atoms with Crippen molar-refractivity contribution in [2.75, 3.05) is 0 Å². The van der Waals surface area contributed by atoms with Crippen LogP contribution in [0.4, 0.5) is 4.39 Å². The molecule has 0 aliphatic carbocycles. The van der Waals surface area contributed by atoms with Crippen LogP contribution in [-0.4, -0.2) is 5.91 Å². The van der Waals surface area contributed by atoms with Crippen LogP contribution >= 0.6 is 0 Å². The van der Waals surface area contributed by atoms with Gasteiger partial charge in [-0.25, -0.2) is 4.39 Å². The fourth-order valence-corrected chi connectivity index (χ4v) is 1.75. The topological polar surface area (TPSA) is 41.1 Å². The number of carbonyl (C=O) groups excluding carboxylic acids is 1. The highest BCUT2D eigenvalue weighted by molar-refractivity contribution is 5.94. The molecular formula is C16H15FN2O. The number of halogens is 1. The van der Waals surface area contributed by atoms with Crippen LogP contribution in [0.15, 0.2) is 60.7 Å². The molecule has 0 aliphatic heterocycles. The number of rotatable bonds is 4. The molecule has 0 aliphatic rings. The average Bonchev–Trinajstić information content (AvgIpc) is 2.49. The number of carbonyl (C=O) groups is 1. The number of hydrogen-bond acceptors (Lipinski definition) is 2. The van der Waals surface area contributed by atoms with Gasteiger partial charge in [0.25, 0.3) is 5.91 Å². The molecule has 0 radical (unpaired) electrons. The summed E-state index contributed by atoms with van der Waals surface area (Å²) in [5.41, 5.74) is 7.39. The SMILES string of the molecule is C/C=C(\NNC(=O)c1cccc(F)c1)c1ccccc1. The molecule has 0 fully saturated rings. The maximum atomic E-state index is 13.0. The van der Waals surface area contributed by atoms with Gasteiger partial charge in [-0.1, -0.05) is 42.5 Å². The average molecular weight is 270 g/mol. The molecular weight excluding hydrogens is 255 g/mol. The Hall–Kier alpha value is -2.62. The monoisotopic (exact) mass is 270 g/mol. The largest absolute Gasteiger partial charge is 0.298 e. The normalized spacial score (nSPS) is 11.0. The van der Waals surface area contributed by atoms with Crippen LogP contribution < -0.4 is 10.9 Å². The predicted molar refractivity (Wildman–Crippen MR) is 77.1 cm³/mol. The number of amides is 1.